The number of morpholine rings is 1. The van der Waals surface area contributed by atoms with Crippen LogP contribution >= 0.6 is 0 Å². The summed E-state index contributed by atoms with van der Waals surface area (Å²) in [6, 6.07) is 12.8. The second-order valence-electron chi connectivity index (χ2n) is 17.6. The quantitative estimate of drug-likeness (QED) is 0.218. The van der Waals surface area contributed by atoms with Crippen LogP contribution in [0.1, 0.15) is 89.0 Å². The summed E-state index contributed by atoms with van der Waals surface area (Å²) in [7, 11) is 1.71. The third-order valence-electron chi connectivity index (χ3n) is 12.6. The zero-order valence-corrected chi connectivity index (χ0v) is 34.0. The first kappa shape index (κ1) is 41.1. The van der Waals surface area contributed by atoms with Crippen LogP contribution in [0.3, 0.4) is 0 Å². The van der Waals surface area contributed by atoms with E-state index in [0.717, 1.165) is 48.7 Å². The number of nitrogens with one attached hydrogen (secondary N) is 2. The summed E-state index contributed by atoms with van der Waals surface area (Å²) in [6.07, 6.45) is 8.88. The highest BCUT2D eigenvalue weighted by atomic mass is 16.5. The average Bonchev–Trinajstić information content (AvgIpc) is 3.73. The van der Waals surface area contributed by atoms with E-state index in [2.05, 4.69) is 10.6 Å². The van der Waals surface area contributed by atoms with Crippen LogP contribution in [0.25, 0.3) is 11.0 Å². The van der Waals surface area contributed by atoms with Crippen molar-refractivity contribution in [2.24, 2.45) is 30.0 Å². The number of benzene rings is 2. The standard InChI is InChI=1S/C44H57N7O7/c1-44(2,3)39(45)42(56)50-21-20-31(38(50)41(55)49-22-23-58-35(26-49)30-8-6-5-7-9-30)46-36(52)18-15-27-10-12-28(13-11-27)24-29-14-16-32-34(25-29)48(4)43(57)51(32)33-17-19-37(53)47-40(33)54/h5-9,14-16,18,25,27-28,31,33,35,38-39H,10-13,17,19-24,26,45H2,1-4H3,(H,46,52)(H,47,53,54)/t27?,28?,31-,33?,35+,38+,39-/m1/s1. The second kappa shape index (κ2) is 17.0. The molecule has 1 aliphatic carbocycles. The fourth-order valence-electron chi connectivity index (χ4n) is 9.09. The molecule has 0 radical (unpaired) electrons. The largest absolute Gasteiger partial charge is 0.370 e. The van der Waals surface area contributed by atoms with Gasteiger partial charge in [-0.1, -0.05) is 63.2 Å². The third-order valence-corrected chi connectivity index (χ3v) is 12.6. The molecule has 0 bridgehead atoms. The molecule has 1 saturated carbocycles. The van der Waals surface area contributed by atoms with E-state index in [0.29, 0.717) is 50.5 Å². The van der Waals surface area contributed by atoms with Crippen LogP contribution in [-0.4, -0.2) is 92.8 Å². The number of fused-ring (bicyclic) bond motifs is 1. The van der Waals surface area contributed by atoms with Crippen LogP contribution in [0.5, 0.6) is 0 Å². The number of aromatic nitrogens is 2. The number of carbonyl (C=O) groups is 5. The van der Waals surface area contributed by atoms with Crippen molar-refractivity contribution in [2.75, 3.05) is 26.2 Å². The van der Waals surface area contributed by atoms with Gasteiger partial charge in [-0.15, -0.1) is 0 Å². The molecule has 3 aromatic rings. The maximum absolute atomic E-state index is 14.3. The molecular weight excluding hydrogens is 739 g/mol. The lowest BCUT2D eigenvalue weighted by molar-refractivity contribution is -0.151. The zero-order chi connectivity index (χ0) is 41.3. The Morgan fingerprint density at radius 3 is 2.41 bits per heavy atom. The van der Waals surface area contributed by atoms with E-state index < -0.39 is 35.5 Å². The van der Waals surface area contributed by atoms with Crippen molar-refractivity contribution in [3.05, 3.63) is 82.3 Å². The van der Waals surface area contributed by atoms with E-state index in [4.69, 9.17) is 10.5 Å². The summed E-state index contributed by atoms with van der Waals surface area (Å²) in [4.78, 5) is 82.4. The minimum atomic E-state index is -0.874. The zero-order valence-electron chi connectivity index (χ0n) is 34.0. The molecule has 0 spiro atoms. The molecule has 2 aromatic carbocycles. The summed E-state index contributed by atoms with van der Waals surface area (Å²) in [5.41, 5.74) is 9.18. The predicted octanol–water partition coefficient (Wildman–Crippen LogP) is 3.28. The van der Waals surface area contributed by atoms with Crippen LogP contribution in [-0.2, 0) is 42.2 Å². The fraction of sp³-hybridized carbons (Fsp3) is 0.545. The lowest BCUT2D eigenvalue weighted by Gasteiger charge is -2.39. The number of likely N-dealkylation sites (tertiary alicyclic amines) is 1. The van der Waals surface area contributed by atoms with Gasteiger partial charge in [0.05, 0.1) is 36.3 Å². The number of imide groups is 1. The van der Waals surface area contributed by atoms with Gasteiger partial charge in [0.25, 0.3) is 0 Å². The molecule has 5 amide bonds. The molecule has 14 heteroatoms. The van der Waals surface area contributed by atoms with Gasteiger partial charge >= 0.3 is 5.69 Å². The molecule has 4 N–H and O–H groups in total. The van der Waals surface area contributed by atoms with Crippen molar-refractivity contribution in [1.82, 2.24) is 29.6 Å². The maximum atomic E-state index is 14.3. The van der Waals surface area contributed by atoms with Crippen molar-refractivity contribution < 1.29 is 28.7 Å². The summed E-state index contributed by atoms with van der Waals surface area (Å²) in [5, 5.41) is 5.44. The summed E-state index contributed by atoms with van der Waals surface area (Å²) in [5.74, 6) is -0.875. The van der Waals surface area contributed by atoms with Gasteiger partial charge in [-0.05, 0) is 91.5 Å². The number of allylic oxidation sites excluding steroid dienone is 1. The van der Waals surface area contributed by atoms with Gasteiger partial charge in [0.15, 0.2) is 0 Å². The van der Waals surface area contributed by atoms with Crippen LogP contribution < -0.4 is 22.1 Å². The fourth-order valence-corrected chi connectivity index (χ4v) is 9.09. The molecular formula is C44H57N7O7. The Labute approximate surface area is 339 Å². The van der Waals surface area contributed by atoms with Gasteiger partial charge in [-0.2, -0.15) is 0 Å². The highest BCUT2D eigenvalue weighted by molar-refractivity contribution is 6.00. The lowest BCUT2D eigenvalue weighted by atomic mass is 9.79. The van der Waals surface area contributed by atoms with E-state index in [1.807, 2.05) is 75.4 Å². The van der Waals surface area contributed by atoms with Gasteiger partial charge in [0, 0.05) is 26.6 Å². The molecule has 1 aromatic heterocycles. The number of hydrogen-bond donors (Lipinski definition) is 3. The Kier molecular flexibility index (Phi) is 12.1. The van der Waals surface area contributed by atoms with Crippen molar-refractivity contribution in [3.8, 4) is 0 Å². The molecule has 3 aliphatic heterocycles. The lowest BCUT2D eigenvalue weighted by Crippen LogP contribution is -2.60. The van der Waals surface area contributed by atoms with Crippen LogP contribution in [0.15, 0.2) is 65.5 Å². The van der Waals surface area contributed by atoms with Gasteiger partial charge < -0.3 is 25.6 Å². The summed E-state index contributed by atoms with van der Waals surface area (Å²) in [6.45, 7) is 7.14. The number of nitrogens with zero attached hydrogens (tertiary/aromatic N) is 4. The van der Waals surface area contributed by atoms with E-state index in [1.54, 1.807) is 27.5 Å². The number of rotatable bonds is 9. The van der Waals surface area contributed by atoms with E-state index in [1.165, 1.54) is 4.57 Å². The minimum absolute atomic E-state index is 0.196. The van der Waals surface area contributed by atoms with Crippen LogP contribution in [0.2, 0.25) is 0 Å². The number of carbonyl (C=O) groups excluding carboxylic acids is 5. The summed E-state index contributed by atoms with van der Waals surface area (Å²) >= 11 is 0. The first-order valence-corrected chi connectivity index (χ1v) is 20.7. The monoisotopic (exact) mass is 795 g/mol. The van der Waals surface area contributed by atoms with Crippen molar-refractivity contribution in [3.63, 3.8) is 0 Å². The van der Waals surface area contributed by atoms with Crippen molar-refractivity contribution in [1.29, 1.82) is 0 Å². The number of hydrogen-bond acceptors (Lipinski definition) is 8. The predicted molar refractivity (Wildman–Crippen MR) is 218 cm³/mol. The smallest absolute Gasteiger partial charge is 0.329 e. The molecule has 58 heavy (non-hydrogen) atoms. The Morgan fingerprint density at radius 2 is 1.71 bits per heavy atom. The Morgan fingerprint density at radius 1 is 0.966 bits per heavy atom. The molecule has 1 unspecified atom stereocenters. The Hall–Kier alpha value is -5.08. The molecule has 310 valence electrons. The average molecular weight is 796 g/mol. The number of amides is 5. The molecule has 14 nitrogen and oxygen atoms in total. The number of imidazole rings is 1. The van der Waals surface area contributed by atoms with Gasteiger partial charge in [0.1, 0.15) is 18.2 Å². The van der Waals surface area contributed by atoms with Crippen molar-refractivity contribution >= 4 is 40.6 Å². The third kappa shape index (κ3) is 8.68. The highest BCUT2D eigenvalue weighted by Gasteiger charge is 2.47. The Balaban J connectivity index is 0.965. The molecule has 5 atom stereocenters. The van der Waals surface area contributed by atoms with E-state index in [-0.39, 0.29) is 47.8 Å². The first-order chi connectivity index (χ1) is 27.7. The van der Waals surface area contributed by atoms with Crippen LogP contribution in [0.4, 0.5) is 0 Å². The molecule has 4 aliphatic rings. The van der Waals surface area contributed by atoms with Gasteiger partial charge in [-0.3, -0.25) is 38.4 Å². The number of piperidine rings is 1. The number of nitrogens with two attached hydrogens (primary N) is 1. The maximum Gasteiger partial charge on any atom is 0.329 e. The number of aryl methyl sites for hydroxylation is 1. The van der Waals surface area contributed by atoms with E-state index in [9.17, 15) is 28.8 Å². The SMILES string of the molecule is Cn1c(=O)n(C2CCC(=O)NC2=O)c2ccc(CC3CCC(C=CC(=O)N[C@@H]4CCN(C(=O)[C@@H](N)C(C)(C)C)[C@@H]4C(=O)N4CCO[C@H](c5ccccc5)C4)CC3)cc21. The van der Waals surface area contributed by atoms with Crippen LogP contribution in [0, 0.1) is 17.3 Å². The molecule has 4 heterocycles. The van der Waals surface area contributed by atoms with E-state index >= 15 is 0 Å². The molecule has 4 fully saturated rings. The molecule has 3 saturated heterocycles. The van der Waals surface area contributed by atoms with Gasteiger partial charge in [-0.25, -0.2) is 4.79 Å². The number of ether oxygens (including phenoxy) is 1. The topological polar surface area (TPSA) is 178 Å². The summed E-state index contributed by atoms with van der Waals surface area (Å²) < 4.78 is 9.10. The molecule has 7 rings (SSSR count). The highest BCUT2D eigenvalue weighted by Crippen LogP contribution is 2.33. The Bertz CT molecular complexity index is 2130. The normalized spacial score (nSPS) is 26.2. The first-order valence-electron chi connectivity index (χ1n) is 20.7. The second-order valence-corrected chi connectivity index (χ2v) is 17.6. The van der Waals surface area contributed by atoms with Crippen molar-refractivity contribution in [2.45, 2.75) is 102 Å². The minimum Gasteiger partial charge on any atom is -0.370 e. The van der Waals surface area contributed by atoms with Gasteiger partial charge in [0.2, 0.25) is 29.5 Å².